The molecule has 0 aliphatic heterocycles. The van der Waals surface area contributed by atoms with Crippen molar-refractivity contribution < 1.29 is 17.9 Å². The number of amides is 1. The maximum absolute atomic E-state index is 12.6. The number of benzene rings is 2. The zero-order valence-electron chi connectivity index (χ0n) is 16.4. The van der Waals surface area contributed by atoms with Crippen LogP contribution in [0.3, 0.4) is 0 Å². The van der Waals surface area contributed by atoms with Gasteiger partial charge in [0.15, 0.2) is 0 Å². The standard InChI is InChI=1S/C21H22ClN3O4S/c1-29-17-4-2-3-15(12-17)21(13-23)9-7-16(8-10-21)25-20(26)14-5-6-18(22)19(11-14)30(24,27)28/h2-6,11-12,16H,7-10H2,1H3,(H,25,26)(H2,24,27,28)/t16-,21+. The van der Waals surface area contributed by atoms with Gasteiger partial charge in [0.1, 0.15) is 10.6 Å². The molecule has 0 saturated heterocycles. The lowest BCUT2D eigenvalue weighted by Crippen LogP contribution is -2.41. The van der Waals surface area contributed by atoms with Gasteiger partial charge in [-0.05, 0) is 61.6 Å². The van der Waals surface area contributed by atoms with Crippen molar-refractivity contribution >= 4 is 27.5 Å². The molecule has 30 heavy (non-hydrogen) atoms. The van der Waals surface area contributed by atoms with Crippen molar-refractivity contribution in [1.82, 2.24) is 5.32 Å². The molecule has 1 fully saturated rings. The van der Waals surface area contributed by atoms with Gasteiger partial charge in [-0.15, -0.1) is 0 Å². The molecule has 1 saturated carbocycles. The fourth-order valence-corrected chi connectivity index (χ4v) is 4.84. The second-order valence-corrected chi connectivity index (χ2v) is 9.30. The smallest absolute Gasteiger partial charge is 0.251 e. The lowest BCUT2D eigenvalue weighted by molar-refractivity contribution is 0.0922. The second-order valence-electron chi connectivity index (χ2n) is 7.36. The van der Waals surface area contributed by atoms with Gasteiger partial charge < -0.3 is 10.1 Å². The molecule has 0 atom stereocenters. The monoisotopic (exact) mass is 447 g/mol. The number of halogens is 1. The van der Waals surface area contributed by atoms with Crippen molar-refractivity contribution in [2.45, 2.75) is 42.0 Å². The van der Waals surface area contributed by atoms with Crippen LogP contribution in [0, 0.1) is 11.3 Å². The molecule has 3 N–H and O–H groups in total. The predicted molar refractivity (Wildman–Crippen MR) is 113 cm³/mol. The number of ether oxygens (including phenoxy) is 1. The summed E-state index contributed by atoms with van der Waals surface area (Å²) in [5.74, 6) is 0.290. The molecule has 0 spiro atoms. The van der Waals surface area contributed by atoms with E-state index in [0.717, 1.165) is 5.56 Å². The highest BCUT2D eigenvalue weighted by atomic mass is 35.5. The van der Waals surface area contributed by atoms with Gasteiger partial charge in [-0.3, -0.25) is 4.79 Å². The highest BCUT2D eigenvalue weighted by Crippen LogP contribution is 2.40. The van der Waals surface area contributed by atoms with Gasteiger partial charge in [-0.25, -0.2) is 13.6 Å². The molecule has 9 heteroatoms. The van der Waals surface area contributed by atoms with E-state index < -0.39 is 21.3 Å². The topological polar surface area (TPSA) is 122 Å². The Morgan fingerprint density at radius 1 is 1.27 bits per heavy atom. The minimum atomic E-state index is -4.04. The Hall–Kier alpha value is -2.60. The second kappa shape index (κ2) is 8.64. The largest absolute Gasteiger partial charge is 0.497 e. The van der Waals surface area contributed by atoms with E-state index >= 15 is 0 Å². The van der Waals surface area contributed by atoms with Crippen LogP contribution in [-0.2, 0) is 15.4 Å². The summed E-state index contributed by atoms with van der Waals surface area (Å²) in [6.45, 7) is 0. The summed E-state index contributed by atoms with van der Waals surface area (Å²) in [7, 11) is -2.45. The first kappa shape index (κ1) is 22.1. The fraction of sp³-hybridized carbons (Fsp3) is 0.333. The van der Waals surface area contributed by atoms with Gasteiger partial charge in [0.25, 0.3) is 5.91 Å². The summed E-state index contributed by atoms with van der Waals surface area (Å²) >= 11 is 5.87. The average Bonchev–Trinajstić information content (AvgIpc) is 2.74. The molecule has 0 aromatic heterocycles. The molecule has 3 rings (SSSR count). The molecular weight excluding hydrogens is 426 g/mol. The Labute approximate surface area is 180 Å². The van der Waals surface area contributed by atoms with Crippen LogP contribution < -0.4 is 15.2 Å². The summed E-state index contributed by atoms with van der Waals surface area (Å²) in [5, 5.41) is 17.9. The van der Waals surface area contributed by atoms with Gasteiger partial charge in [0, 0.05) is 11.6 Å². The zero-order chi connectivity index (χ0) is 21.9. The quantitative estimate of drug-likeness (QED) is 0.728. The molecule has 0 heterocycles. The number of rotatable bonds is 5. The Kier molecular flexibility index (Phi) is 6.36. The summed E-state index contributed by atoms with van der Waals surface area (Å²) < 4.78 is 28.5. The maximum Gasteiger partial charge on any atom is 0.251 e. The molecule has 0 unspecified atom stereocenters. The SMILES string of the molecule is COc1cccc([C@]2(C#N)CC[C@H](NC(=O)c3ccc(Cl)c(S(N)(=O)=O)c3)CC2)c1. The summed E-state index contributed by atoms with van der Waals surface area (Å²) in [4.78, 5) is 12.3. The number of nitrogens with two attached hydrogens (primary N) is 1. The van der Waals surface area contributed by atoms with Gasteiger partial charge in [0.05, 0.1) is 23.6 Å². The van der Waals surface area contributed by atoms with Crippen LogP contribution in [0.15, 0.2) is 47.4 Å². The maximum atomic E-state index is 12.6. The van der Waals surface area contributed by atoms with E-state index in [2.05, 4.69) is 11.4 Å². The number of methoxy groups -OCH3 is 1. The minimum Gasteiger partial charge on any atom is -0.497 e. The number of nitriles is 1. The molecule has 0 bridgehead atoms. The van der Waals surface area contributed by atoms with Gasteiger partial charge in [-0.2, -0.15) is 5.26 Å². The van der Waals surface area contributed by atoms with E-state index in [1.165, 1.54) is 18.2 Å². The molecule has 1 amide bonds. The zero-order valence-corrected chi connectivity index (χ0v) is 18.0. The Morgan fingerprint density at radius 3 is 2.57 bits per heavy atom. The van der Waals surface area contributed by atoms with Crippen LogP contribution in [0.5, 0.6) is 5.75 Å². The third-order valence-corrected chi connectivity index (χ3v) is 6.90. The number of hydrogen-bond acceptors (Lipinski definition) is 5. The van der Waals surface area contributed by atoms with Gasteiger partial charge >= 0.3 is 0 Å². The Morgan fingerprint density at radius 2 is 1.97 bits per heavy atom. The van der Waals surface area contributed by atoms with Crippen molar-refractivity contribution in [2.75, 3.05) is 7.11 Å². The highest BCUT2D eigenvalue weighted by molar-refractivity contribution is 7.89. The first-order valence-corrected chi connectivity index (χ1v) is 11.3. The van der Waals surface area contributed by atoms with E-state index in [1.54, 1.807) is 7.11 Å². The van der Waals surface area contributed by atoms with Crippen LogP contribution in [-0.4, -0.2) is 27.5 Å². The molecule has 2 aromatic carbocycles. The molecule has 158 valence electrons. The number of nitrogens with zero attached hydrogens (tertiary/aromatic N) is 1. The summed E-state index contributed by atoms with van der Waals surface area (Å²) in [5.41, 5.74) is 0.439. The van der Waals surface area contributed by atoms with Crippen molar-refractivity contribution in [3.05, 3.63) is 58.6 Å². The lowest BCUT2D eigenvalue weighted by Gasteiger charge is -2.35. The number of hydrogen-bond donors (Lipinski definition) is 2. The van der Waals surface area contributed by atoms with Crippen LogP contribution in [0.1, 0.15) is 41.6 Å². The third-order valence-electron chi connectivity index (χ3n) is 5.51. The molecule has 1 aliphatic rings. The van der Waals surface area contributed by atoms with E-state index in [9.17, 15) is 18.5 Å². The average molecular weight is 448 g/mol. The molecule has 1 aliphatic carbocycles. The normalized spacial score (nSPS) is 21.5. The minimum absolute atomic E-state index is 0.0381. The number of primary sulfonamides is 1. The van der Waals surface area contributed by atoms with Crippen molar-refractivity contribution in [3.63, 3.8) is 0 Å². The van der Waals surface area contributed by atoms with E-state index in [0.29, 0.717) is 31.4 Å². The highest BCUT2D eigenvalue weighted by Gasteiger charge is 2.38. The number of carbonyl (C=O) groups excluding carboxylic acids is 1. The Bertz CT molecular complexity index is 1100. The molecule has 7 nitrogen and oxygen atoms in total. The first-order valence-electron chi connectivity index (χ1n) is 9.37. The molecule has 0 radical (unpaired) electrons. The van der Waals surface area contributed by atoms with Crippen molar-refractivity contribution in [2.24, 2.45) is 5.14 Å². The molecular formula is C21H22ClN3O4S. The van der Waals surface area contributed by atoms with Crippen molar-refractivity contribution in [1.29, 1.82) is 5.26 Å². The van der Waals surface area contributed by atoms with Crippen LogP contribution in [0.4, 0.5) is 0 Å². The summed E-state index contributed by atoms with van der Waals surface area (Å²) in [6, 6.07) is 13.8. The molecule has 2 aromatic rings. The van der Waals surface area contributed by atoms with Crippen molar-refractivity contribution in [3.8, 4) is 11.8 Å². The van der Waals surface area contributed by atoms with Crippen LogP contribution in [0.25, 0.3) is 0 Å². The van der Waals surface area contributed by atoms with E-state index in [1.807, 2.05) is 24.3 Å². The summed E-state index contributed by atoms with van der Waals surface area (Å²) in [6.07, 6.45) is 2.41. The lowest BCUT2D eigenvalue weighted by atomic mass is 9.69. The Balaban J connectivity index is 1.71. The van der Waals surface area contributed by atoms with Crippen LogP contribution >= 0.6 is 11.6 Å². The van der Waals surface area contributed by atoms with E-state index in [4.69, 9.17) is 21.5 Å². The van der Waals surface area contributed by atoms with Crippen LogP contribution in [0.2, 0.25) is 5.02 Å². The van der Waals surface area contributed by atoms with Gasteiger partial charge in [0.2, 0.25) is 10.0 Å². The van der Waals surface area contributed by atoms with Gasteiger partial charge in [-0.1, -0.05) is 23.7 Å². The number of sulfonamides is 1. The van der Waals surface area contributed by atoms with E-state index in [-0.39, 0.29) is 21.5 Å². The predicted octanol–water partition coefficient (Wildman–Crippen LogP) is 3.13. The first-order chi connectivity index (χ1) is 14.2. The number of nitrogens with one attached hydrogen (secondary N) is 1. The third kappa shape index (κ3) is 4.59. The number of carbonyl (C=O) groups is 1. The fourth-order valence-electron chi connectivity index (χ4n) is 3.77.